The molecule has 0 saturated heterocycles. The van der Waals surface area contributed by atoms with E-state index in [1.807, 2.05) is 6.92 Å². The summed E-state index contributed by atoms with van der Waals surface area (Å²) in [5.74, 6) is -0.337. The molecule has 17 heavy (non-hydrogen) atoms. The molecule has 0 radical (unpaired) electrons. The fourth-order valence-electron chi connectivity index (χ4n) is 2.05. The average molecular weight is 241 g/mol. The standard InChI is InChI=1S/C13H23NO3/c1-2-3-7-11(13(16)17)14-12(15)9-8-10-5-4-6-10/h10-11H,2-9H2,1H3,(H,14,15)(H,16,17)/t11-/m0/s1. The number of hydrogen-bond donors (Lipinski definition) is 2. The van der Waals surface area contributed by atoms with Gasteiger partial charge in [0.25, 0.3) is 0 Å². The van der Waals surface area contributed by atoms with Crippen LogP contribution in [-0.4, -0.2) is 23.0 Å². The zero-order valence-corrected chi connectivity index (χ0v) is 10.6. The highest BCUT2D eigenvalue weighted by Crippen LogP contribution is 2.30. The number of carboxylic acid groups (broad SMARTS) is 1. The van der Waals surface area contributed by atoms with Crippen LogP contribution in [0, 0.1) is 5.92 Å². The Morgan fingerprint density at radius 3 is 2.59 bits per heavy atom. The van der Waals surface area contributed by atoms with E-state index < -0.39 is 12.0 Å². The van der Waals surface area contributed by atoms with Crippen LogP contribution in [0.1, 0.15) is 58.3 Å². The molecule has 0 heterocycles. The first-order valence-corrected chi connectivity index (χ1v) is 6.65. The Balaban J connectivity index is 2.22. The summed E-state index contributed by atoms with van der Waals surface area (Å²) in [5, 5.41) is 11.6. The van der Waals surface area contributed by atoms with Crippen molar-refractivity contribution in [2.75, 3.05) is 0 Å². The molecule has 1 aliphatic rings. The van der Waals surface area contributed by atoms with Crippen molar-refractivity contribution in [3.05, 3.63) is 0 Å². The van der Waals surface area contributed by atoms with Crippen molar-refractivity contribution in [2.24, 2.45) is 5.92 Å². The van der Waals surface area contributed by atoms with Crippen molar-refractivity contribution in [2.45, 2.75) is 64.3 Å². The number of amides is 1. The van der Waals surface area contributed by atoms with E-state index in [-0.39, 0.29) is 5.91 Å². The summed E-state index contributed by atoms with van der Waals surface area (Å²) < 4.78 is 0. The summed E-state index contributed by atoms with van der Waals surface area (Å²) in [6, 6.07) is -0.705. The van der Waals surface area contributed by atoms with E-state index in [0.29, 0.717) is 18.8 Å². The number of rotatable bonds is 8. The van der Waals surface area contributed by atoms with Gasteiger partial charge in [-0.2, -0.15) is 0 Å². The maximum Gasteiger partial charge on any atom is 0.326 e. The lowest BCUT2D eigenvalue weighted by atomic mass is 9.82. The zero-order valence-electron chi connectivity index (χ0n) is 10.6. The summed E-state index contributed by atoms with van der Waals surface area (Å²) in [5.41, 5.74) is 0. The molecule has 0 aromatic heterocycles. The Labute approximate surface area is 103 Å². The third-order valence-electron chi connectivity index (χ3n) is 3.48. The van der Waals surface area contributed by atoms with Gasteiger partial charge in [0.2, 0.25) is 5.91 Å². The second-order valence-corrected chi connectivity index (χ2v) is 4.94. The van der Waals surface area contributed by atoms with Gasteiger partial charge in [0, 0.05) is 6.42 Å². The lowest BCUT2D eigenvalue weighted by molar-refractivity contribution is -0.142. The van der Waals surface area contributed by atoms with E-state index in [4.69, 9.17) is 5.11 Å². The van der Waals surface area contributed by atoms with Crippen LogP contribution >= 0.6 is 0 Å². The van der Waals surface area contributed by atoms with Gasteiger partial charge >= 0.3 is 5.97 Å². The molecule has 4 heteroatoms. The zero-order chi connectivity index (χ0) is 12.7. The smallest absolute Gasteiger partial charge is 0.326 e. The summed E-state index contributed by atoms with van der Waals surface area (Å²) in [6.45, 7) is 2.01. The maximum atomic E-state index is 11.6. The van der Waals surface area contributed by atoms with Crippen LogP contribution in [0.3, 0.4) is 0 Å². The number of unbranched alkanes of at least 4 members (excludes halogenated alkanes) is 1. The van der Waals surface area contributed by atoms with Crippen LogP contribution in [0.25, 0.3) is 0 Å². The van der Waals surface area contributed by atoms with E-state index in [1.54, 1.807) is 0 Å². The monoisotopic (exact) mass is 241 g/mol. The first-order valence-electron chi connectivity index (χ1n) is 6.65. The molecule has 1 rings (SSSR count). The van der Waals surface area contributed by atoms with Crippen LogP contribution in [0.4, 0.5) is 0 Å². The van der Waals surface area contributed by atoms with Gasteiger partial charge in [-0.05, 0) is 18.8 Å². The van der Waals surface area contributed by atoms with Crippen LogP contribution in [0.2, 0.25) is 0 Å². The SMILES string of the molecule is CCCC[C@H](NC(=O)CCC1CCC1)C(=O)O. The molecular formula is C13H23NO3. The summed E-state index contributed by atoms with van der Waals surface area (Å²) in [6.07, 6.45) is 7.42. The van der Waals surface area contributed by atoms with Crippen molar-refractivity contribution in [1.29, 1.82) is 0 Å². The highest BCUT2D eigenvalue weighted by Gasteiger charge is 2.21. The van der Waals surface area contributed by atoms with Crippen molar-refractivity contribution < 1.29 is 14.7 Å². The number of aliphatic carboxylic acids is 1. The summed E-state index contributed by atoms with van der Waals surface area (Å²) in [7, 11) is 0. The predicted molar refractivity (Wildman–Crippen MR) is 65.7 cm³/mol. The quantitative estimate of drug-likeness (QED) is 0.685. The molecule has 0 aromatic rings. The second-order valence-electron chi connectivity index (χ2n) is 4.94. The molecule has 1 amide bonds. The number of nitrogens with one attached hydrogen (secondary N) is 1. The molecule has 4 nitrogen and oxygen atoms in total. The van der Waals surface area contributed by atoms with Gasteiger partial charge in [-0.25, -0.2) is 4.79 Å². The van der Waals surface area contributed by atoms with Gasteiger partial charge in [0.05, 0.1) is 0 Å². The van der Waals surface area contributed by atoms with Gasteiger partial charge in [-0.3, -0.25) is 4.79 Å². The molecule has 1 aliphatic carbocycles. The highest BCUT2D eigenvalue weighted by atomic mass is 16.4. The lowest BCUT2D eigenvalue weighted by Crippen LogP contribution is -2.40. The van der Waals surface area contributed by atoms with Crippen molar-refractivity contribution in [3.63, 3.8) is 0 Å². The fourth-order valence-corrected chi connectivity index (χ4v) is 2.05. The minimum Gasteiger partial charge on any atom is -0.480 e. The van der Waals surface area contributed by atoms with Crippen LogP contribution in [0.5, 0.6) is 0 Å². The van der Waals surface area contributed by atoms with Gasteiger partial charge in [0.1, 0.15) is 6.04 Å². The van der Waals surface area contributed by atoms with E-state index >= 15 is 0 Å². The van der Waals surface area contributed by atoms with Crippen molar-refractivity contribution in [1.82, 2.24) is 5.32 Å². The van der Waals surface area contributed by atoms with E-state index in [9.17, 15) is 9.59 Å². The fraction of sp³-hybridized carbons (Fsp3) is 0.846. The first-order chi connectivity index (χ1) is 8.13. The number of hydrogen-bond acceptors (Lipinski definition) is 2. The molecule has 1 saturated carbocycles. The van der Waals surface area contributed by atoms with E-state index in [0.717, 1.165) is 19.3 Å². The average Bonchev–Trinajstić information content (AvgIpc) is 2.21. The molecule has 1 fully saturated rings. The van der Waals surface area contributed by atoms with Gasteiger partial charge < -0.3 is 10.4 Å². The van der Waals surface area contributed by atoms with Crippen molar-refractivity contribution >= 4 is 11.9 Å². The van der Waals surface area contributed by atoms with E-state index in [1.165, 1.54) is 19.3 Å². The minimum atomic E-state index is -0.921. The Kier molecular flexibility index (Phi) is 6.01. The number of carboxylic acids is 1. The Morgan fingerprint density at radius 1 is 1.41 bits per heavy atom. The second kappa shape index (κ2) is 7.30. The molecule has 0 bridgehead atoms. The Morgan fingerprint density at radius 2 is 2.12 bits per heavy atom. The molecule has 98 valence electrons. The van der Waals surface area contributed by atoms with Gasteiger partial charge in [-0.1, -0.05) is 39.0 Å². The third kappa shape index (κ3) is 5.20. The van der Waals surface area contributed by atoms with Gasteiger partial charge in [-0.15, -0.1) is 0 Å². The molecule has 2 N–H and O–H groups in total. The topological polar surface area (TPSA) is 66.4 Å². The minimum absolute atomic E-state index is 0.111. The number of carbonyl (C=O) groups is 2. The third-order valence-corrected chi connectivity index (χ3v) is 3.48. The van der Waals surface area contributed by atoms with Crippen LogP contribution < -0.4 is 5.32 Å². The normalized spacial score (nSPS) is 17.2. The van der Waals surface area contributed by atoms with Crippen LogP contribution in [-0.2, 0) is 9.59 Å². The van der Waals surface area contributed by atoms with Crippen molar-refractivity contribution in [3.8, 4) is 0 Å². The van der Waals surface area contributed by atoms with Gasteiger partial charge in [0.15, 0.2) is 0 Å². The summed E-state index contributed by atoms with van der Waals surface area (Å²) >= 11 is 0. The Bertz CT molecular complexity index is 261. The maximum absolute atomic E-state index is 11.6. The first kappa shape index (κ1) is 14.0. The van der Waals surface area contributed by atoms with E-state index in [2.05, 4.69) is 5.32 Å². The number of carbonyl (C=O) groups excluding carboxylic acids is 1. The lowest BCUT2D eigenvalue weighted by Gasteiger charge is -2.25. The molecular weight excluding hydrogens is 218 g/mol. The largest absolute Gasteiger partial charge is 0.480 e. The molecule has 0 aromatic carbocycles. The molecule has 0 spiro atoms. The molecule has 0 unspecified atom stereocenters. The summed E-state index contributed by atoms with van der Waals surface area (Å²) in [4.78, 5) is 22.5. The molecule has 0 aliphatic heterocycles. The predicted octanol–water partition coefficient (Wildman–Crippen LogP) is 2.33. The highest BCUT2D eigenvalue weighted by molar-refractivity contribution is 5.83. The molecule has 1 atom stereocenters. The van der Waals surface area contributed by atoms with Crippen LogP contribution in [0.15, 0.2) is 0 Å². The Hall–Kier alpha value is -1.06.